The molecular formula is C56H35N3. The molecule has 3 heteroatoms. The molecule has 0 atom stereocenters. The number of hydrogen-bond donors (Lipinski definition) is 0. The first kappa shape index (κ1) is 33.4. The van der Waals surface area contributed by atoms with Gasteiger partial charge >= 0.3 is 0 Å². The van der Waals surface area contributed by atoms with Gasteiger partial charge in [0.1, 0.15) is 0 Å². The highest BCUT2D eigenvalue weighted by Gasteiger charge is 2.51. The molecule has 12 rings (SSSR count). The standard InChI is InChI=1S/C56H35N3/c1-2-15-40(16-3-1)53-57-54(59-55(58-53)46-23-12-17-38-14-4-5-18-42(38)46)41-34-30-37(31-35-41)36-28-32-39(33-29-36)43-22-13-27-51-52(43)47-21-8-11-26-50(47)56(51)48-24-9-6-19-44(48)45-20-7-10-25-49(45)56/h1-35H. The van der Waals surface area contributed by atoms with E-state index in [4.69, 9.17) is 15.0 Å². The molecule has 0 aliphatic heterocycles. The third-order valence-electron chi connectivity index (χ3n) is 12.4. The summed E-state index contributed by atoms with van der Waals surface area (Å²) < 4.78 is 0. The Morgan fingerprint density at radius 3 is 1.36 bits per heavy atom. The van der Waals surface area contributed by atoms with Crippen molar-refractivity contribution in [1.29, 1.82) is 0 Å². The highest BCUT2D eigenvalue weighted by atomic mass is 15.0. The Kier molecular flexibility index (Phi) is 7.45. The number of aromatic nitrogens is 3. The van der Waals surface area contributed by atoms with E-state index < -0.39 is 0 Å². The lowest BCUT2D eigenvalue weighted by Gasteiger charge is -2.30. The lowest BCUT2D eigenvalue weighted by atomic mass is 9.70. The zero-order chi connectivity index (χ0) is 38.9. The largest absolute Gasteiger partial charge is 0.208 e. The molecule has 1 heterocycles. The van der Waals surface area contributed by atoms with Gasteiger partial charge in [-0.3, -0.25) is 0 Å². The molecule has 1 aromatic heterocycles. The van der Waals surface area contributed by atoms with Gasteiger partial charge in [0.05, 0.1) is 5.41 Å². The zero-order valence-electron chi connectivity index (χ0n) is 32.0. The zero-order valence-corrected chi connectivity index (χ0v) is 32.0. The van der Waals surface area contributed by atoms with Crippen molar-refractivity contribution in [3.63, 3.8) is 0 Å². The molecule has 274 valence electrons. The molecule has 0 bridgehead atoms. The van der Waals surface area contributed by atoms with E-state index in [1.165, 1.54) is 55.6 Å². The number of nitrogens with zero attached hydrogens (tertiary/aromatic N) is 3. The van der Waals surface area contributed by atoms with E-state index >= 15 is 0 Å². The molecule has 2 aliphatic carbocycles. The van der Waals surface area contributed by atoms with Crippen LogP contribution in [0, 0.1) is 0 Å². The Hall–Kier alpha value is -7.75. The summed E-state index contributed by atoms with van der Waals surface area (Å²) in [6.07, 6.45) is 0. The van der Waals surface area contributed by atoms with Crippen molar-refractivity contribution < 1.29 is 0 Å². The van der Waals surface area contributed by atoms with Crippen LogP contribution in [0.3, 0.4) is 0 Å². The van der Waals surface area contributed by atoms with Gasteiger partial charge in [-0.15, -0.1) is 0 Å². The minimum atomic E-state index is -0.354. The Morgan fingerprint density at radius 2 is 0.678 bits per heavy atom. The molecule has 0 radical (unpaired) electrons. The highest BCUT2D eigenvalue weighted by Crippen LogP contribution is 2.63. The van der Waals surface area contributed by atoms with Crippen LogP contribution in [0.2, 0.25) is 0 Å². The predicted octanol–water partition coefficient (Wildman–Crippen LogP) is 13.7. The van der Waals surface area contributed by atoms with Gasteiger partial charge in [0, 0.05) is 16.7 Å². The van der Waals surface area contributed by atoms with Gasteiger partial charge < -0.3 is 0 Å². The normalized spacial score (nSPS) is 12.9. The second kappa shape index (κ2) is 13.2. The summed E-state index contributed by atoms with van der Waals surface area (Å²) in [7, 11) is 0. The second-order valence-corrected chi connectivity index (χ2v) is 15.5. The summed E-state index contributed by atoms with van der Waals surface area (Å²) in [5, 5.41) is 2.27. The van der Waals surface area contributed by atoms with Crippen molar-refractivity contribution in [2.75, 3.05) is 0 Å². The van der Waals surface area contributed by atoms with Crippen molar-refractivity contribution >= 4 is 10.8 Å². The average Bonchev–Trinajstić information content (AvgIpc) is 3.79. The molecule has 0 saturated carbocycles. The number of rotatable bonds is 5. The minimum Gasteiger partial charge on any atom is -0.208 e. The van der Waals surface area contributed by atoms with Crippen LogP contribution in [0.15, 0.2) is 212 Å². The third-order valence-corrected chi connectivity index (χ3v) is 12.4. The van der Waals surface area contributed by atoms with Crippen molar-refractivity contribution in [1.82, 2.24) is 15.0 Å². The van der Waals surface area contributed by atoms with E-state index in [1.54, 1.807) is 0 Å². The molecule has 9 aromatic carbocycles. The molecular weight excluding hydrogens is 715 g/mol. The molecule has 59 heavy (non-hydrogen) atoms. The Labute approximate surface area is 343 Å². The molecule has 0 saturated heterocycles. The number of benzene rings is 9. The smallest absolute Gasteiger partial charge is 0.164 e. The van der Waals surface area contributed by atoms with Gasteiger partial charge in [0.15, 0.2) is 17.5 Å². The minimum absolute atomic E-state index is 0.354. The maximum Gasteiger partial charge on any atom is 0.164 e. The van der Waals surface area contributed by atoms with Gasteiger partial charge in [-0.1, -0.05) is 212 Å². The van der Waals surface area contributed by atoms with E-state index in [-0.39, 0.29) is 5.41 Å². The van der Waals surface area contributed by atoms with E-state index in [9.17, 15) is 0 Å². The van der Waals surface area contributed by atoms with E-state index in [2.05, 4.69) is 182 Å². The Balaban J connectivity index is 0.920. The molecule has 0 N–H and O–H groups in total. The van der Waals surface area contributed by atoms with Crippen LogP contribution in [0.1, 0.15) is 22.3 Å². The quantitative estimate of drug-likeness (QED) is 0.176. The highest BCUT2D eigenvalue weighted by molar-refractivity contribution is 6.00. The van der Waals surface area contributed by atoms with Gasteiger partial charge in [0.25, 0.3) is 0 Å². The van der Waals surface area contributed by atoms with Gasteiger partial charge in [-0.25, -0.2) is 15.0 Å². The summed E-state index contributed by atoms with van der Waals surface area (Å²) in [6.45, 7) is 0. The van der Waals surface area contributed by atoms with E-state index in [0.717, 1.165) is 38.6 Å². The van der Waals surface area contributed by atoms with E-state index in [0.29, 0.717) is 17.5 Å². The molecule has 0 fully saturated rings. The third kappa shape index (κ3) is 5.05. The fraction of sp³-hybridized carbons (Fsp3) is 0.0179. The summed E-state index contributed by atoms with van der Waals surface area (Å²) in [4.78, 5) is 15.1. The number of fused-ring (bicyclic) bond motifs is 11. The first-order valence-electron chi connectivity index (χ1n) is 20.2. The number of hydrogen-bond acceptors (Lipinski definition) is 3. The van der Waals surface area contributed by atoms with Gasteiger partial charge in [-0.2, -0.15) is 0 Å². The lowest BCUT2D eigenvalue weighted by molar-refractivity contribution is 0.794. The van der Waals surface area contributed by atoms with Gasteiger partial charge in [-0.05, 0) is 77.5 Å². The van der Waals surface area contributed by atoms with Crippen LogP contribution in [0.4, 0.5) is 0 Å². The van der Waals surface area contributed by atoms with Crippen LogP contribution < -0.4 is 0 Å². The van der Waals surface area contributed by atoms with Crippen LogP contribution in [0.25, 0.3) is 89.4 Å². The van der Waals surface area contributed by atoms with Crippen molar-refractivity contribution in [2.24, 2.45) is 0 Å². The SMILES string of the molecule is c1ccc(-c2nc(-c3ccc(-c4ccc(-c5cccc6c5-c5ccccc5C65c6ccccc6-c6ccccc65)cc4)cc3)nc(-c3cccc4ccccc34)n2)cc1. The van der Waals surface area contributed by atoms with Crippen LogP contribution in [-0.2, 0) is 5.41 Å². The topological polar surface area (TPSA) is 38.7 Å². The maximum atomic E-state index is 5.07. The summed E-state index contributed by atoms with van der Waals surface area (Å²) in [6, 6.07) is 76.3. The summed E-state index contributed by atoms with van der Waals surface area (Å²) in [5.41, 5.74) is 18.0. The Bertz CT molecular complexity index is 3210. The summed E-state index contributed by atoms with van der Waals surface area (Å²) in [5.74, 6) is 1.96. The van der Waals surface area contributed by atoms with Crippen LogP contribution >= 0.6 is 0 Å². The summed E-state index contributed by atoms with van der Waals surface area (Å²) >= 11 is 0. The maximum absolute atomic E-state index is 5.07. The molecule has 3 nitrogen and oxygen atoms in total. The first-order chi connectivity index (χ1) is 29.3. The van der Waals surface area contributed by atoms with Crippen molar-refractivity contribution in [3.05, 3.63) is 235 Å². The van der Waals surface area contributed by atoms with Crippen LogP contribution in [0.5, 0.6) is 0 Å². The van der Waals surface area contributed by atoms with Crippen molar-refractivity contribution in [2.45, 2.75) is 5.41 Å². The predicted molar refractivity (Wildman–Crippen MR) is 241 cm³/mol. The van der Waals surface area contributed by atoms with Gasteiger partial charge in [0.2, 0.25) is 0 Å². The average molecular weight is 750 g/mol. The molecule has 2 aliphatic rings. The van der Waals surface area contributed by atoms with Crippen LogP contribution in [-0.4, -0.2) is 15.0 Å². The molecule has 0 amide bonds. The fourth-order valence-electron chi connectivity index (χ4n) is 9.80. The molecule has 10 aromatic rings. The monoisotopic (exact) mass is 749 g/mol. The first-order valence-corrected chi connectivity index (χ1v) is 20.2. The van der Waals surface area contributed by atoms with E-state index in [1.807, 2.05) is 30.3 Å². The molecule has 1 spiro atoms. The Morgan fingerprint density at radius 1 is 0.254 bits per heavy atom. The molecule has 0 unspecified atom stereocenters. The van der Waals surface area contributed by atoms with Crippen molar-refractivity contribution in [3.8, 4) is 78.7 Å². The second-order valence-electron chi connectivity index (χ2n) is 15.5. The fourth-order valence-corrected chi connectivity index (χ4v) is 9.80. The lowest BCUT2D eigenvalue weighted by Crippen LogP contribution is -2.25.